The molecule has 1 aliphatic rings. The third-order valence-electron chi connectivity index (χ3n) is 6.29. The zero-order valence-electron chi connectivity index (χ0n) is 24.2. The minimum atomic E-state index is -1.44. The van der Waals surface area contributed by atoms with Crippen LogP contribution in [0.2, 0.25) is 0 Å². The van der Waals surface area contributed by atoms with E-state index in [0.29, 0.717) is 0 Å². The van der Waals surface area contributed by atoms with E-state index in [1.54, 1.807) is 13.8 Å². The normalized spacial score (nSPS) is 23.5. The molecule has 240 valence electrons. The van der Waals surface area contributed by atoms with Crippen LogP contribution in [0, 0.1) is 5.92 Å². The van der Waals surface area contributed by atoms with Crippen molar-refractivity contribution in [2.75, 3.05) is 33.0 Å². The number of rotatable bonds is 18. The third-order valence-corrected chi connectivity index (χ3v) is 6.29. The molecule has 42 heavy (non-hydrogen) atoms. The molecule has 0 aliphatic carbocycles. The molecule has 1 rings (SSSR count). The van der Waals surface area contributed by atoms with E-state index >= 15 is 0 Å². The summed E-state index contributed by atoms with van der Waals surface area (Å²) in [6.07, 6.45) is -5.49. The lowest BCUT2D eigenvalue weighted by Gasteiger charge is -2.42. The van der Waals surface area contributed by atoms with Gasteiger partial charge in [0.05, 0.1) is 26.4 Å². The zero-order chi connectivity index (χ0) is 32.0. The third kappa shape index (κ3) is 12.4. The predicted octanol–water partition coefficient (Wildman–Crippen LogP) is -2.12. The molecular formula is C26H43N3O13. The molecule has 1 fully saturated rings. The molecule has 0 spiro atoms. The van der Waals surface area contributed by atoms with Gasteiger partial charge in [0.2, 0.25) is 17.7 Å². The molecule has 1 aliphatic heterocycles. The predicted molar refractivity (Wildman–Crippen MR) is 144 cm³/mol. The molecular weight excluding hydrogens is 562 g/mol. The maximum absolute atomic E-state index is 12.7. The first kappa shape index (κ1) is 36.9. The van der Waals surface area contributed by atoms with Gasteiger partial charge in [-0.3, -0.25) is 14.4 Å². The Balaban J connectivity index is 2.51. The Hall–Kier alpha value is -3.15. The van der Waals surface area contributed by atoms with Crippen molar-refractivity contribution in [3.63, 3.8) is 0 Å². The van der Waals surface area contributed by atoms with Crippen LogP contribution >= 0.6 is 0 Å². The van der Waals surface area contributed by atoms with Crippen molar-refractivity contribution in [1.82, 2.24) is 16.0 Å². The van der Waals surface area contributed by atoms with Gasteiger partial charge in [0, 0.05) is 31.0 Å². The van der Waals surface area contributed by atoms with Crippen LogP contribution in [0.3, 0.4) is 0 Å². The summed E-state index contributed by atoms with van der Waals surface area (Å²) in [6, 6.07) is -2.30. The number of ether oxygens (including phenoxy) is 3. The van der Waals surface area contributed by atoms with Crippen molar-refractivity contribution in [2.24, 2.45) is 5.92 Å². The standard InChI is InChI=1S/C26H43N3O13/c1-13(2)11-17(25(38)39)29-23(35)16(14(3)24(36)37)5-6-19(32)27-7-8-40-9-10-41-26-20(28-15(4)31)22(34)21(33)18(12-30)42-26/h13,17-18,20-22,26,30,33-34H,5-12H2,1-4H3,(H,27,32)(H,28,31)(H,29,35)(H,36,37)(H,38,39)/b16-14-/t17-,18+,20+,21-,22+,26+/m0/s1. The maximum atomic E-state index is 12.7. The number of amides is 3. The van der Waals surface area contributed by atoms with Gasteiger partial charge in [0.15, 0.2) is 6.29 Å². The van der Waals surface area contributed by atoms with Gasteiger partial charge in [-0.25, -0.2) is 9.59 Å². The number of hydrogen-bond acceptors (Lipinski definition) is 11. The Kier molecular flexibility index (Phi) is 16.2. The van der Waals surface area contributed by atoms with E-state index in [-0.39, 0.29) is 62.7 Å². The van der Waals surface area contributed by atoms with Crippen molar-refractivity contribution in [3.05, 3.63) is 11.1 Å². The molecule has 3 amide bonds. The van der Waals surface area contributed by atoms with Gasteiger partial charge in [-0.1, -0.05) is 13.8 Å². The fraction of sp³-hybridized carbons (Fsp3) is 0.731. The first-order chi connectivity index (χ1) is 19.7. The summed E-state index contributed by atoms with van der Waals surface area (Å²) in [5, 5.41) is 55.6. The van der Waals surface area contributed by atoms with Crippen LogP contribution in [-0.4, -0.2) is 125 Å². The van der Waals surface area contributed by atoms with Crippen molar-refractivity contribution >= 4 is 29.7 Å². The molecule has 0 saturated carbocycles. The van der Waals surface area contributed by atoms with Crippen LogP contribution in [0.25, 0.3) is 0 Å². The average Bonchev–Trinajstić information content (AvgIpc) is 2.90. The van der Waals surface area contributed by atoms with E-state index in [1.807, 2.05) is 0 Å². The lowest BCUT2D eigenvalue weighted by Crippen LogP contribution is -2.64. The molecule has 0 radical (unpaired) electrons. The Bertz CT molecular complexity index is 971. The second-order valence-corrected chi connectivity index (χ2v) is 10.2. The Morgan fingerprint density at radius 2 is 1.62 bits per heavy atom. The lowest BCUT2D eigenvalue weighted by molar-refractivity contribution is -0.272. The quantitative estimate of drug-likeness (QED) is 0.0615. The highest BCUT2D eigenvalue weighted by molar-refractivity contribution is 6.03. The van der Waals surface area contributed by atoms with E-state index in [0.717, 1.165) is 0 Å². The number of hydrogen-bond donors (Lipinski definition) is 8. The van der Waals surface area contributed by atoms with Gasteiger partial charge in [0.25, 0.3) is 0 Å². The highest BCUT2D eigenvalue weighted by atomic mass is 16.7. The van der Waals surface area contributed by atoms with Gasteiger partial charge in [-0.05, 0) is 25.7 Å². The number of carbonyl (C=O) groups excluding carboxylic acids is 3. The van der Waals surface area contributed by atoms with Crippen LogP contribution < -0.4 is 16.0 Å². The van der Waals surface area contributed by atoms with Gasteiger partial charge in [0.1, 0.15) is 30.4 Å². The Morgan fingerprint density at radius 1 is 0.952 bits per heavy atom. The van der Waals surface area contributed by atoms with E-state index in [1.165, 1.54) is 13.8 Å². The number of nitrogens with one attached hydrogen (secondary N) is 3. The number of carboxylic acids is 2. The molecule has 0 aromatic carbocycles. The minimum Gasteiger partial charge on any atom is -0.480 e. The van der Waals surface area contributed by atoms with Crippen LogP contribution in [0.15, 0.2) is 11.1 Å². The number of aliphatic hydroxyl groups is 3. The first-order valence-electron chi connectivity index (χ1n) is 13.5. The van der Waals surface area contributed by atoms with Gasteiger partial charge in [-0.2, -0.15) is 0 Å². The van der Waals surface area contributed by atoms with Crippen molar-refractivity contribution in [1.29, 1.82) is 0 Å². The highest BCUT2D eigenvalue weighted by Gasteiger charge is 2.45. The summed E-state index contributed by atoms with van der Waals surface area (Å²) < 4.78 is 16.3. The van der Waals surface area contributed by atoms with Gasteiger partial charge < -0.3 is 55.7 Å². The first-order valence-corrected chi connectivity index (χ1v) is 13.5. The molecule has 0 aromatic heterocycles. The summed E-state index contributed by atoms with van der Waals surface area (Å²) in [7, 11) is 0. The average molecular weight is 606 g/mol. The number of carboxylic acid groups (broad SMARTS) is 2. The van der Waals surface area contributed by atoms with Gasteiger partial charge >= 0.3 is 11.9 Å². The molecule has 0 bridgehead atoms. The monoisotopic (exact) mass is 605 g/mol. The topological polar surface area (TPSA) is 250 Å². The molecule has 8 N–H and O–H groups in total. The van der Waals surface area contributed by atoms with Crippen molar-refractivity contribution < 1.29 is 63.7 Å². The second-order valence-electron chi connectivity index (χ2n) is 10.2. The molecule has 0 aromatic rings. The van der Waals surface area contributed by atoms with Crippen LogP contribution in [0.4, 0.5) is 0 Å². The highest BCUT2D eigenvalue weighted by Crippen LogP contribution is 2.22. The number of aliphatic carboxylic acids is 2. The Labute approximate surface area is 243 Å². The largest absolute Gasteiger partial charge is 0.480 e. The van der Waals surface area contributed by atoms with E-state index in [2.05, 4.69) is 16.0 Å². The van der Waals surface area contributed by atoms with Crippen LogP contribution in [-0.2, 0) is 38.2 Å². The maximum Gasteiger partial charge on any atom is 0.331 e. The smallest absolute Gasteiger partial charge is 0.331 e. The molecule has 16 heteroatoms. The molecule has 1 saturated heterocycles. The summed E-state index contributed by atoms with van der Waals surface area (Å²) in [5.74, 6) is -4.51. The Morgan fingerprint density at radius 3 is 2.17 bits per heavy atom. The molecule has 6 atom stereocenters. The van der Waals surface area contributed by atoms with E-state index < -0.39 is 73.0 Å². The number of carbonyl (C=O) groups is 5. The second kappa shape index (κ2) is 18.4. The van der Waals surface area contributed by atoms with Gasteiger partial charge in [-0.15, -0.1) is 0 Å². The fourth-order valence-corrected chi connectivity index (χ4v) is 4.07. The fourth-order valence-electron chi connectivity index (χ4n) is 4.07. The number of aliphatic hydroxyl groups excluding tert-OH is 3. The summed E-state index contributed by atoms with van der Waals surface area (Å²) >= 11 is 0. The lowest BCUT2D eigenvalue weighted by atomic mass is 9.97. The summed E-state index contributed by atoms with van der Waals surface area (Å²) in [6.45, 7) is 5.49. The zero-order valence-corrected chi connectivity index (χ0v) is 24.2. The summed E-state index contributed by atoms with van der Waals surface area (Å²) in [4.78, 5) is 59.4. The molecule has 1 heterocycles. The van der Waals surface area contributed by atoms with Crippen molar-refractivity contribution in [2.45, 2.75) is 83.6 Å². The van der Waals surface area contributed by atoms with Crippen molar-refractivity contribution in [3.8, 4) is 0 Å². The minimum absolute atomic E-state index is 0.0247. The van der Waals surface area contributed by atoms with Crippen LogP contribution in [0.5, 0.6) is 0 Å². The van der Waals surface area contributed by atoms with E-state index in [4.69, 9.17) is 14.2 Å². The molecule has 16 nitrogen and oxygen atoms in total. The summed E-state index contributed by atoms with van der Waals surface area (Å²) in [5.41, 5.74) is -0.503. The molecule has 0 unspecified atom stereocenters. The van der Waals surface area contributed by atoms with E-state index in [9.17, 15) is 49.5 Å². The SMILES string of the molecule is CC(=O)N[C@H]1[C@H](OCCOCCNC(=O)CC/C(C(=O)N[C@@H](CC(C)C)C(=O)O)=C(\C)C(=O)O)O[C@H](CO)[C@H](O)[C@@H]1O. The van der Waals surface area contributed by atoms with Crippen LogP contribution in [0.1, 0.15) is 47.0 Å².